The summed E-state index contributed by atoms with van der Waals surface area (Å²) in [7, 11) is 0. The number of piperidine rings is 1. The van der Waals surface area contributed by atoms with E-state index < -0.39 is 36.5 Å². The minimum atomic E-state index is -4.79. The van der Waals surface area contributed by atoms with Gasteiger partial charge in [0, 0.05) is 6.54 Å². The second-order valence-electron chi connectivity index (χ2n) is 5.79. The average molecular weight is 349 g/mol. The molecule has 2 fully saturated rings. The second kappa shape index (κ2) is 5.73. The fourth-order valence-corrected chi connectivity index (χ4v) is 3.23. The van der Waals surface area contributed by atoms with Gasteiger partial charge in [0.2, 0.25) is 0 Å². The average Bonchev–Trinajstić information content (AvgIpc) is 3.16. The normalized spacial score (nSPS) is 26.9. The Morgan fingerprint density at radius 3 is 2.71 bits per heavy atom. The number of halogens is 5. The molecule has 0 unspecified atom stereocenters. The lowest BCUT2D eigenvalue weighted by molar-refractivity contribution is -0.210. The van der Waals surface area contributed by atoms with E-state index in [0.29, 0.717) is 6.42 Å². The van der Waals surface area contributed by atoms with Crippen LogP contribution in [0.15, 0.2) is 12.3 Å². The molecule has 1 saturated carbocycles. The number of fused-ring (bicyclic) bond motifs is 1. The van der Waals surface area contributed by atoms with Gasteiger partial charge in [0.1, 0.15) is 6.20 Å². The Morgan fingerprint density at radius 1 is 1.42 bits per heavy atom. The molecular formula is C14H12F5N3O2. The summed E-state index contributed by atoms with van der Waals surface area (Å²) in [6.45, 7) is 3.94. The van der Waals surface area contributed by atoms with Gasteiger partial charge in [-0.1, -0.05) is 6.57 Å². The Kier molecular flexibility index (Phi) is 3.99. The fraction of sp³-hybridized carbons (Fsp3) is 0.571. The molecule has 2 aliphatic rings. The Hall–Kier alpha value is -2.15. The zero-order valence-corrected chi connectivity index (χ0v) is 12.0. The number of aliphatic hydroxyl groups is 1. The summed E-state index contributed by atoms with van der Waals surface area (Å²) < 4.78 is 67.7. The molecule has 1 aliphatic carbocycles. The third-order valence-electron chi connectivity index (χ3n) is 4.34. The number of pyridine rings is 1. The standard InChI is InChI=1S/C14H12F5N3O2/c1-20-12-9(24-13(15)16)3-7(4-21-12)22-5-6-2-8(6)10(22)11(23)14(17,18)19/h3-4,6,8,10-11,13,23H,2,5H2/t6-,8-,10+,11+/m0/s1. The van der Waals surface area contributed by atoms with Crippen LogP contribution in [0.4, 0.5) is 33.5 Å². The fourth-order valence-electron chi connectivity index (χ4n) is 3.23. The van der Waals surface area contributed by atoms with Crippen molar-refractivity contribution in [3.63, 3.8) is 0 Å². The van der Waals surface area contributed by atoms with E-state index in [1.807, 2.05) is 0 Å². The summed E-state index contributed by atoms with van der Waals surface area (Å²) in [5.74, 6) is -1.19. The van der Waals surface area contributed by atoms with Gasteiger partial charge in [-0.3, -0.25) is 0 Å². The molecule has 2 heterocycles. The molecule has 0 bridgehead atoms. The van der Waals surface area contributed by atoms with Crippen LogP contribution in [0.2, 0.25) is 0 Å². The zero-order valence-electron chi connectivity index (χ0n) is 12.0. The van der Waals surface area contributed by atoms with Gasteiger partial charge in [0.25, 0.3) is 0 Å². The first kappa shape index (κ1) is 16.7. The minimum Gasteiger partial charge on any atom is -0.445 e. The van der Waals surface area contributed by atoms with E-state index in [4.69, 9.17) is 6.57 Å². The van der Waals surface area contributed by atoms with Crippen LogP contribution in [0.1, 0.15) is 6.42 Å². The molecule has 1 aromatic heterocycles. The van der Waals surface area contributed by atoms with E-state index in [2.05, 4.69) is 14.6 Å². The summed E-state index contributed by atoms with van der Waals surface area (Å²) in [4.78, 5) is 7.92. The van der Waals surface area contributed by atoms with Crippen LogP contribution >= 0.6 is 0 Å². The molecule has 0 spiro atoms. The van der Waals surface area contributed by atoms with E-state index in [1.54, 1.807) is 0 Å². The van der Waals surface area contributed by atoms with Gasteiger partial charge in [-0.15, -0.1) is 4.98 Å². The van der Waals surface area contributed by atoms with Crippen LogP contribution in [0.3, 0.4) is 0 Å². The van der Waals surface area contributed by atoms with Crippen LogP contribution in [0.5, 0.6) is 5.75 Å². The number of hydrogen-bond acceptors (Lipinski definition) is 4. The Labute approximate surface area is 133 Å². The molecule has 130 valence electrons. The van der Waals surface area contributed by atoms with Gasteiger partial charge in [0.05, 0.1) is 11.7 Å². The van der Waals surface area contributed by atoms with Crippen LogP contribution in [0, 0.1) is 18.4 Å². The maximum absolute atomic E-state index is 12.9. The number of ether oxygens (including phenoxy) is 1. The summed E-state index contributed by atoms with van der Waals surface area (Å²) in [6, 6.07) is -0.136. The first-order valence-electron chi connectivity index (χ1n) is 7.06. The highest BCUT2D eigenvalue weighted by atomic mass is 19.4. The largest absolute Gasteiger partial charge is 0.445 e. The van der Waals surface area contributed by atoms with E-state index in [0.717, 1.165) is 12.3 Å². The highest BCUT2D eigenvalue weighted by Crippen LogP contribution is 2.53. The summed E-state index contributed by atoms with van der Waals surface area (Å²) >= 11 is 0. The number of aliphatic hydroxyl groups excluding tert-OH is 1. The van der Waals surface area contributed by atoms with E-state index in [-0.39, 0.29) is 24.1 Å². The molecular weight excluding hydrogens is 337 g/mol. The molecule has 5 nitrogen and oxygen atoms in total. The molecule has 0 amide bonds. The van der Waals surface area contributed by atoms with Crippen molar-refractivity contribution < 1.29 is 31.8 Å². The lowest BCUT2D eigenvalue weighted by Crippen LogP contribution is -2.49. The lowest BCUT2D eigenvalue weighted by Gasteiger charge is -2.33. The second-order valence-corrected chi connectivity index (χ2v) is 5.79. The van der Waals surface area contributed by atoms with Crippen molar-refractivity contribution in [2.24, 2.45) is 11.8 Å². The van der Waals surface area contributed by atoms with Crippen molar-refractivity contribution in [3.8, 4) is 5.75 Å². The molecule has 0 aromatic carbocycles. The molecule has 0 radical (unpaired) electrons. The van der Waals surface area contributed by atoms with Crippen LogP contribution in [-0.2, 0) is 0 Å². The van der Waals surface area contributed by atoms with Crippen molar-refractivity contribution in [2.75, 3.05) is 11.4 Å². The number of rotatable bonds is 4. The zero-order chi connectivity index (χ0) is 17.6. The first-order valence-corrected chi connectivity index (χ1v) is 7.06. The monoisotopic (exact) mass is 349 g/mol. The Bertz CT molecular complexity index is 675. The molecule has 4 atom stereocenters. The quantitative estimate of drug-likeness (QED) is 0.671. The van der Waals surface area contributed by atoms with Crippen molar-refractivity contribution in [1.29, 1.82) is 0 Å². The summed E-state index contributed by atoms with van der Waals surface area (Å²) in [6.07, 6.45) is -5.61. The third-order valence-corrected chi connectivity index (χ3v) is 4.34. The summed E-state index contributed by atoms with van der Waals surface area (Å²) in [5.41, 5.74) is 0.110. The van der Waals surface area contributed by atoms with Crippen molar-refractivity contribution >= 4 is 11.5 Å². The smallest absolute Gasteiger partial charge is 0.416 e. The molecule has 1 aliphatic heterocycles. The molecule has 24 heavy (non-hydrogen) atoms. The van der Waals surface area contributed by atoms with Crippen LogP contribution in [0.25, 0.3) is 4.85 Å². The number of aromatic nitrogens is 1. The Balaban J connectivity index is 1.92. The van der Waals surface area contributed by atoms with Gasteiger partial charge in [0.15, 0.2) is 11.9 Å². The van der Waals surface area contributed by atoms with E-state index in [1.165, 1.54) is 4.90 Å². The van der Waals surface area contributed by atoms with Crippen LogP contribution in [-0.4, -0.2) is 41.6 Å². The number of nitrogens with zero attached hydrogens (tertiary/aromatic N) is 3. The van der Waals surface area contributed by atoms with Crippen molar-refractivity contribution in [2.45, 2.75) is 31.4 Å². The predicted octanol–water partition coefficient (Wildman–Crippen LogP) is 2.98. The maximum atomic E-state index is 12.9. The van der Waals surface area contributed by atoms with Gasteiger partial charge >= 0.3 is 18.6 Å². The minimum absolute atomic E-state index is 0.0204. The SMILES string of the molecule is [C-]#[N+]c1ncc(N2C[C@@H]3C[C@@H]3[C@@H]2[C@@H](O)C(F)(F)F)cc1OC(F)F. The van der Waals surface area contributed by atoms with Crippen molar-refractivity contribution in [3.05, 3.63) is 23.7 Å². The van der Waals surface area contributed by atoms with E-state index >= 15 is 0 Å². The molecule has 10 heteroatoms. The Morgan fingerprint density at radius 2 is 2.12 bits per heavy atom. The maximum Gasteiger partial charge on any atom is 0.416 e. The van der Waals surface area contributed by atoms with Crippen LogP contribution < -0.4 is 9.64 Å². The summed E-state index contributed by atoms with van der Waals surface area (Å²) in [5, 5.41) is 9.64. The number of anilines is 1. The predicted molar refractivity (Wildman–Crippen MR) is 71.9 cm³/mol. The highest BCUT2D eigenvalue weighted by Gasteiger charge is 2.60. The van der Waals surface area contributed by atoms with Gasteiger partial charge < -0.3 is 19.6 Å². The van der Waals surface area contributed by atoms with Gasteiger partial charge in [-0.25, -0.2) is 0 Å². The van der Waals surface area contributed by atoms with E-state index in [9.17, 15) is 27.1 Å². The van der Waals surface area contributed by atoms with Gasteiger partial charge in [-0.2, -0.15) is 22.0 Å². The number of hydrogen-bond donors (Lipinski definition) is 1. The molecule has 1 aromatic rings. The third kappa shape index (κ3) is 2.96. The molecule has 1 saturated heterocycles. The van der Waals surface area contributed by atoms with Crippen molar-refractivity contribution in [1.82, 2.24) is 4.98 Å². The number of alkyl halides is 5. The first-order chi connectivity index (χ1) is 11.2. The lowest BCUT2D eigenvalue weighted by atomic mass is 10.1. The highest BCUT2D eigenvalue weighted by molar-refractivity contribution is 5.61. The molecule has 1 N–H and O–H groups in total. The molecule has 3 rings (SSSR count). The van der Waals surface area contributed by atoms with Gasteiger partial charge in [-0.05, 0) is 24.3 Å². The topological polar surface area (TPSA) is 50.0 Å².